The van der Waals surface area contributed by atoms with Crippen molar-refractivity contribution >= 4 is 10.0 Å². The summed E-state index contributed by atoms with van der Waals surface area (Å²) in [4.78, 5) is 11.2. The predicted octanol–water partition coefficient (Wildman–Crippen LogP) is 1.76. The first-order valence-corrected chi connectivity index (χ1v) is 8.92. The minimum absolute atomic E-state index is 0.0879. The largest absolute Gasteiger partial charge is 0.463 e. The average Bonchev–Trinajstić information content (AvgIpc) is 3.10. The SMILES string of the molecule is O=c1ccc(-c2ccco2)nn1CCNS(=O)(=O)c1ccc(F)cc1F. The molecule has 0 amide bonds. The lowest BCUT2D eigenvalue weighted by molar-refractivity contribution is 0.528. The van der Waals surface area contributed by atoms with E-state index in [0.717, 1.165) is 16.8 Å². The molecule has 0 aliphatic rings. The summed E-state index contributed by atoms with van der Waals surface area (Å²) in [7, 11) is -4.20. The molecule has 1 N–H and O–H groups in total. The molecule has 136 valence electrons. The number of hydrogen-bond donors (Lipinski definition) is 1. The maximum Gasteiger partial charge on any atom is 0.266 e. The normalized spacial score (nSPS) is 11.6. The molecule has 0 spiro atoms. The molecular weight excluding hydrogens is 368 g/mol. The van der Waals surface area contributed by atoms with Crippen LogP contribution in [0.15, 0.2) is 62.8 Å². The molecule has 0 saturated heterocycles. The lowest BCUT2D eigenvalue weighted by Crippen LogP contribution is -2.32. The molecule has 0 aliphatic heterocycles. The quantitative estimate of drug-likeness (QED) is 0.702. The van der Waals surface area contributed by atoms with Crippen LogP contribution in [0.4, 0.5) is 8.78 Å². The van der Waals surface area contributed by atoms with Gasteiger partial charge in [0.2, 0.25) is 10.0 Å². The van der Waals surface area contributed by atoms with Gasteiger partial charge in [-0.1, -0.05) is 0 Å². The number of aromatic nitrogens is 2. The van der Waals surface area contributed by atoms with Crippen LogP contribution in [0.2, 0.25) is 0 Å². The summed E-state index contributed by atoms with van der Waals surface area (Å²) in [5.74, 6) is -1.63. The molecule has 3 rings (SSSR count). The van der Waals surface area contributed by atoms with Crippen LogP contribution in [-0.2, 0) is 16.6 Å². The highest BCUT2D eigenvalue weighted by atomic mass is 32.2. The van der Waals surface area contributed by atoms with Gasteiger partial charge < -0.3 is 4.42 Å². The Morgan fingerprint density at radius 1 is 1.15 bits per heavy atom. The third-order valence-corrected chi connectivity index (χ3v) is 4.93. The van der Waals surface area contributed by atoms with Gasteiger partial charge in [-0.05, 0) is 30.3 Å². The van der Waals surface area contributed by atoms with Crippen molar-refractivity contribution < 1.29 is 21.6 Å². The summed E-state index contributed by atoms with van der Waals surface area (Å²) in [5, 5.41) is 4.09. The summed E-state index contributed by atoms with van der Waals surface area (Å²) in [6.07, 6.45) is 1.46. The molecule has 3 aromatic rings. The van der Waals surface area contributed by atoms with E-state index < -0.39 is 32.1 Å². The van der Waals surface area contributed by atoms with Crippen LogP contribution in [0, 0.1) is 11.6 Å². The number of nitrogens with one attached hydrogen (secondary N) is 1. The molecule has 1 aromatic carbocycles. The topological polar surface area (TPSA) is 94.2 Å². The van der Waals surface area contributed by atoms with Gasteiger partial charge in [-0.3, -0.25) is 4.79 Å². The van der Waals surface area contributed by atoms with E-state index in [9.17, 15) is 22.0 Å². The van der Waals surface area contributed by atoms with E-state index in [0.29, 0.717) is 17.5 Å². The van der Waals surface area contributed by atoms with Crippen molar-refractivity contribution in [1.29, 1.82) is 0 Å². The Morgan fingerprint density at radius 3 is 2.65 bits per heavy atom. The van der Waals surface area contributed by atoms with Crippen LogP contribution in [0.5, 0.6) is 0 Å². The summed E-state index contributed by atoms with van der Waals surface area (Å²) in [6, 6.07) is 8.24. The highest BCUT2D eigenvalue weighted by Gasteiger charge is 2.19. The lowest BCUT2D eigenvalue weighted by Gasteiger charge is -2.09. The zero-order valence-corrected chi connectivity index (χ0v) is 14.0. The Morgan fingerprint density at radius 2 is 1.96 bits per heavy atom. The third-order valence-electron chi connectivity index (χ3n) is 3.44. The van der Waals surface area contributed by atoms with Crippen molar-refractivity contribution in [2.24, 2.45) is 0 Å². The molecule has 2 heterocycles. The lowest BCUT2D eigenvalue weighted by atomic mass is 10.3. The molecule has 10 heteroatoms. The zero-order valence-electron chi connectivity index (χ0n) is 13.2. The van der Waals surface area contributed by atoms with Gasteiger partial charge in [-0.15, -0.1) is 0 Å². The molecule has 26 heavy (non-hydrogen) atoms. The maximum atomic E-state index is 13.6. The summed E-state index contributed by atoms with van der Waals surface area (Å²) >= 11 is 0. The van der Waals surface area contributed by atoms with E-state index in [-0.39, 0.29) is 13.1 Å². The van der Waals surface area contributed by atoms with Crippen LogP contribution in [0.25, 0.3) is 11.5 Å². The van der Waals surface area contributed by atoms with Crippen molar-refractivity contribution in [3.05, 3.63) is 70.7 Å². The maximum absolute atomic E-state index is 13.6. The highest BCUT2D eigenvalue weighted by molar-refractivity contribution is 7.89. The fourth-order valence-electron chi connectivity index (χ4n) is 2.22. The number of nitrogens with zero attached hydrogens (tertiary/aromatic N) is 2. The number of sulfonamides is 1. The Bertz CT molecular complexity index is 1080. The van der Waals surface area contributed by atoms with Crippen LogP contribution in [0.1, 0.15) is 0 Å². The zero-order chi connectivity index (χ0) is 18.7. The van der Waals surface area contributed by atoms with Gasteiger partial charge in [0.15, 0.2) is 5.76 Å². The molecule has 2 aromatic heterocycles. The second-order valence-electron chi connectivity index (χ2n) is 5.23. The third kappa shape index (κ3) is 3.86. The molecule has 0 aliphatic carbocycles. The Hall–Kier alpha value is -2.85. The highest BCUT2D eigenvalue weighted by Crippen LogP contribution is 2.16. The van der Waals surface area contributed by atoms with Gasteiger partial charge in [0.05, 0.1) is 12.8 Å². The second kappa shape index (κ2) is 7.18. The number of furan rings is 1. The van der Waals surface area contributed by atoms with Gasteiger partial charge in [0.25, 0.3) is 5.56 Å². The number of benzene rings is 1. The van der Waals surface area contributed by atoms with Crippen LogP contribution >= 0.6 is 0 Å². The van der Waals surface area contributed by atoms with Gasteiger partial charge in [0.1, 0.15) is 22.2 Å². The predicted molar refractivity (Wildman–Crippen MR) is 87.7 cm³/mol. The molecule has 0 saturated carbocycles. The van der Waals surface area contributed by atoms with Gasteiger partial charge in [-0.25, -0.2) is 26.6 Å². The van der Waals surface area contributed by atoms with Crippen molar-refractivity contribution in [3.8, 4) is 11.5 Å². The molecule has 7 nitrogen and oxygen atoms in total. The molecular formula is C16H13F2N3O4S. The Balaban J connectivity index is 1.73. The number of rotatable bonds is 6. The monoisotopic (exact) mass is 381 g/mol. The standard InChI is InChI=1S/C16H13F2N3O4S/c17-11-3-5-15(12(18)10-11)26(23,24)19-7-8-21-16(22)6-4-13(20-21)14-2-1-9-25-14/h1-6,9-10,19H,7-8H2. The minimum atomic E-state index is -4.20. The van der Waals surface area contributed by atoms with E-state index >= 15 is 0 Å². The number of halogens is 2. The van der Waals surface area contributed by atoms with E-state index in [4.69, 9.17) is 4.42 Å². The van der Waals surface area contributed by atoms with Gasteiger partial charge >= 0.3 is 0 Å². The summed E-state index contributed by atoms with van der Waals surface area (Å²) < 4.78 is 59.1. The summed E-state index contributed by atoms with van der Waals surface area (Å²) in [5.41, 5.74) is -0.0329. The first-order chi connectivity index (χ1) is 12.4. The van der Waals surface area contributed by atoms with Gasteiger partial charge in [0, 0.05) is 18.7 Å². The molecule has 0 radical (unpaired) electrons. The fourth-order valence-corrected chi connectivity index (χ4v) is 3.30. The van der Waals surface area contributed by atoms with E-state index in [1.54, 1.807) is 12.1 Å². The van der Waals surface area contributed by atoms with Crippen LogP contribution in [0.3, 0.4) is 0 Å². The smallest absolute Gasteiger partial charge is 0.266 e. The van der Waals surface area contributed by atoms with Crippen molar-refractivity contribution in [1.82, 2.24) is 14.5 Å². The number of hydrogen-bond acceptors (Lipinski definition) is 5. The first-order valence-electron chi connectivity index (χ1n) is 7.43. The molecule has 0 bridgehead atoms. The molecule has 0 atom stereocenters. The molecule has 0 unspecified atom stereocenters. The van der Waals surface area contributed by atoms with E-state index in [1.165, 1.54) is 18.4 Å². The Labute approximate surface area is 146 Å². The van der Waals surface area contributed by atoms with Crippen molar-refractivity contribution in [2.45, 2.75) is 11.4 Å². The second-order valence-corrected chi connectivity index (χ2v) is 6.97. The van der Waals surface area contributed by atoms with E-state index in [2.05, 4.69) is 9.82 Å². The summed E-state index contributed by atoms with van der Waals surface area (Å²) in [6.45, 7) is -0.302. The van der Waals surface area contributed by atoms with Gasteiger partial charge in [-0.2, -0.15) is 5.10 Å². The van der Waals surface area contributed by atoms with Crippen molar-refractivity contribution in [2.75, 3.05) is 6.54 Å². The molecule has 0 fully saturated rings. The van der Waals surface area contributed by atoms with Crippen molar-refractivity contribution in [3.63, 3.8) is 0 Å². The average molecular weight is 381 g/mol. The minimum Gasteiger partial charge on any atom is -0.463 e. The first kappa shape index (κ1) is 18.0. The Kier molecular flexibility index (Phi) is 4.96. The fraction of sp³-hybridized carbons (Fsp3) is 0.125. The van der Waals surface area contributed by atoms with Crippen LogP contribution < -0.4 is 10.3 Å². The van der Waals surface area contributed by atoms with E-state index in [1.807, 2.05) is 0 Å². The van der Waals surface area contributed by atoms with Crippen LogP contribution in [-0.4, -0.2) is 24.7 Å².